The number of aliphatic hydroxyl groups is 2. The fourth-order valence-corrected chi connectivity index (χ4v) is 7.54. The van der Waals surface area contributed by atoms with Gasteiger partial charge < -0.3 is 41.9 Å². The predicted molar refractivity (Wildman–Crippen MR) is 225 cm³/mol. The molecule has 3 heterocycles. The van der Waals surface area contributed by atoms with Gasteiger partial charge in [0.05, 0.1) is 0 Å². The fourth-order valence-electron chi connectivity index (χ4n) is 6.58. The van der Waals surface area contributed by atoms with Crippen LogP contribution in [0.25, 0.3) is 11.1 Å². The van der Waals surface area contributed by atoms with E-state index in [1.54, 1.807) is 53.9 Å². The van der Waals surface area contributed by atoms with Crippen molar-refractivity contribution in [3.63, 3.8) is 0 Å². The second-order valence-electron chi connectivity index (χ2n) is 14.2. The van der Waals surface area contributed by atoms with E-state index in [4.69, 9.17) is 11.6 Å². The first-order valence-electron chi connectivity index (χ1n) is 18.9. The van der Waals surface area contributed by atoms with E-state index < -0.39 is 71.9 Å². The highest BCUT2D eigenvalue weighted by molar-refractivity contribution is 7.09. The Morgan fingerprint density at radius 2 is 1.17 bits per heavy atom. The lowest BCUT2D eigenvalue weighted by atomic mass is 9.99. The molecule has 6 atom stereocenters. The predicted octanol–water partition coefficient (Wildman–Crippen LogP) is 3.04. The van der Waals surface area contributed by atoms with Crippen molar-refractivity contribution in [2.75, 3.05) is 5.32 Å². The van der Waals surface area contributed by atoms with Gasteiger partial charge in [-0.15, -0.1) is 11.3 Å². The SMILES string of the molecule is O=C(O)[C@@H]1Cc2ccc(cc2)NC(=O)[C@H](O)[C@@H](O)C(=O)N[C@H](Cc2cccs2)C(=O)N[C@@H](Cc2ccc(-c3ccccc3)cc2)C(=O)N[C@H](Cc2ccccc2Cl)C(=O)N1. The number of hydrogen-bond acceptors (Lipinski definition) is 9. The molecule has 310 valence electrons. The van der Waals surface area contributed by atoms with Crippen LogP contribution in [0.3, 0.4) is 0 Å². The van der Waals surface area contributed by atoms with Gasteiger partial charge in [-0.3, -0.25) is 24.0 Å². The van der Waals surface area contributed by atoms with E-state index in [1.165, 1.54) is 35.6 Å². The van der Waals surface area contributed by atoms with E-state index in [0.29, 0.717) is 26.6 Å². The molecule has 7 rings (SSSR count). The Hall–Kier alpha value is -6.39. The van der Waals surface area contributed by atoms with Crippen molar-refractivity contribution in [1.29, 1.82) is 0 Å². The van der Waals surface area contributed by atoms with E-state index in [2.05, 4.69) is 26.6 Å². The largest absolute Gasteiger partial charge is 0.480 e. The Bertz CT molecular complexity index is 2310. The molecular formula is C44H42ClN5O9S. The minimum atomic E-state index is -2.31. The summed E-state index contributed by atoms with van der Waals surface area (Å²) in [5, 5.41) is 46.5. The molecule has 0 spiro atoms. The van der Waals surface area contributed by atoms with Crippen molar-refractivity contribution in [3.8, 4) is 11.1 Å². The Balaban J connectivity index is 1.38. The molecule has 0 fully saturated rings. The molecule has 0 saturated carbocycles. The lowest BCUT2D eigenvalue weighted by molar-refractivity contribution is -0.145. The summed E-state index contributed by atoms with van der Waals surface area (Å²) in [6.45, 7) is 0. The highest BCUT2D eigenvalue weighted by Crippen LogP contribution is 2.21. The molecule has 2 aliphatic rings. The van der Waals surface area contributed by atoms with Gasteiger partial charge in [-0.1, -0.05) is 103 Å². The molecule has 0 saturated heterocycles. The molecule has 60 heavy (non-hydrogen) atoms. The zero-order valence-electron chi connectivity index (χ0n) is 31.9. The van der Waals surface area contributed by atoms with Gasteiger partial charge >= 0.3 is 5.97 Å². The number of carbonyl (C=O) groups is 6. The average Bonchev–Trinajstić information content (AvgIpc) is 3.77. The molecule has 0 radical (unpaired) electrons. The minimum absolute atomic E-state index is 0.0924. The molecule has 0 aliphatic carbocycles. The normalized spacial score (nSPS) is 22.0. The zero-order valence-corrected chi connectivity index (χ0v) is 33.5. The number of carboxylic acid groups (broad SMARTS) is 1. The van der Waals surface area contributed by atoms with Crippen LogP contribution in [-0.4, -0.2) is 87.2 Å². The number of aliphatic hydroxyl groups excluding tert-OH is 2. The number of carbonyl (C=O) groups excluding carboxylic acids is 5. The van der Waals surface area contributed by atoms with Crippen LogP contribution < -0.4 is 26.6 Å². The fraction of sp³-hybridized carbons (Fsp3) is 0.227. The van der Waals surface area contributed by atoms with Crippen molar-refractivity contribution in [1.82, 2.24) is 21.3 Å². The Morgan fingerprint density at radius 1 is 0.600 bits per heavy atom. The number of nitrogens with one attached hydrogen (secondary N) is 5. The smallest absolute Gasteiger partial charge is 0.326 e. The maximum Gasteiger partial charge on any atom is 0.326 e. The summed E-state index contributed by atoms with van der Waals surface area (Å²) in [6.07, 6.45) is -5.11. The van der Waals surface area contributed by atoms with Gasteiger partial charge in [0.25, 0.3) is 11.8 Å². The van der Waals surface area contributed by atoms with Crippen LogP contribution >= 0.6 is 22.9 Å². The van der Waals surface area contributed by atoms with E-state index >= 15 is 0 Å². The number of hydrogen-bond donors (Lipinski definition) is 8. The molecule has 4 aromatic carbocycles. The molecule has 8 N–H and O–H groups in total. The third-order valence-electron chi connectivity index (χ3n) is 9.88. The first kappa shape index (κ1) is 43.2. The van der Waals surface area contributed by atoms with Gasteiger partial charge in [-0.2, -0.15) is 0 Å². The topological polar surface area (TPSA) is 223 Å². The summed E-state index contributed by atoms with van der Waals surface area (Å²) in [5.74, 6) is -6.24. The summed E-state index contributed by atoms with van der Waals surface area (Å²) in [7, 11) is 0. The highest BCUT2D eigenvalue weighted by Gasteiger charge is 2.36. The molecule has 2 aliphatic heterocycles. The third-order valence-corrected chi connectivity index (χ3v) is 11.1. The van der Waals surface area contributed by atoms with Crippen LogP contribution in [0.2, 0.25) is 5.02 Å². The quantitative estimate of drug-likeness (QED) is 0.107. The molecule has 16 heteroatoms. The zero-order chi connectivity index (χ0) is 42.8. The Kier molecular flexibility index (Phi) is 14.4. The second kappa shape index (κ2) is 20.0. The van der Waals surface area contributed by atoms with Gasteiger partial charge in [0.2, 0.25) is 17.7 Å². The van der Waals surface area contributed by atoms with Crippen LogP contribution in [0, 0.1) is 0 Å². The molecule has 2 bridgehead atoms. The molecule has 1 aromatic heterocycles. The van der Waals surface area contributed by atoms with E-state index in [1.807, 2.05) is 42.5 Å². The number of aliphatic carboxylic acids is 1. The standard InChI is InChI=1S/C44H42ClN5O9S/c45-32-11-5-4-9-29(32)23-34-40(54)50-36(44(58)59)22-26-14-18-30(19-15-26)46-42(56)37(51)38(52)43(57)49-35(24-31-10-6-20-60-31)41(55)47-33(39(53)48-34)21-25-12-16-28(17-13-25)27-7-2-1-3-8-27/h1-20,33-38,51-52H,21-24H2,(H,46,56)(H,47,55)(H,48,53)(H,49,57)(H,50,54)(H,58,59)/t33-,34+,35+,36-,37+,38+/m0/s1. The van der Waals surface area contributed by atoms with Gasteiger partial charge in [-0.05, 0) is 57.5 Å². The second-order valence-corrected chi connectivity index (χ2v) is 15.6. The van der Waals surface area contributed by atoms with Crippen LogP contribution in [0.5, 0.6) is 0 Å². The first-order chi connectivity index (χ1) is 28.8. The van der Waals surface area contributed by atoms with Crippen molar-refractivity contribution in [2.24, 2.45) is 0 Å². The summed E-state index contributed by atoms with van der Waals surface area (Å²) in [4.78, 5) is 82.2. The summed E-state index contributed by atoms with van der Waals surface area (Å²) < 4.78 is 0. The van der Waals surface area contributed by atoms with E-state index in [0.717, 1.165) is 11.1 Å². The van der Waals surface area contributed by atoms with E-state index in [9.17, 15) is 44.1 Å². The minimum Gasteiger partial charge on any atom is -0.480 e. The van der Waals surface area contributed by atoms with Gasteiger partial charge in [0, 0.05) is 41.3 Å². The number of amides is 5. The first-order valence-corrected chi connectivity index (χ1v) is 20.2. The number of rotatable bonds is 8. The summed E-state index contributed by atoms with van der Waals surface area (Å²) >= 11 is 7.77. The number of anilines is 1. The van der Waals surface area contributed by atoms with Crippen molar-refractivity contribution in [2.45, 2.75) is 62.1 Å². The van der Waals surface area contributed by atoms with Crippen LogP contribution in [-0.2, 0) is 54.5 Å². The monoisotopic (exact) mass is 851 g/mol. The number of halogens is 1. The average molecular weight is 852 g/mol. The van der Waals surface area contributed by atoms with Gasteiger partial charge in [0.15, 0.2) is 12.2 Å². The Morgan fingerprint density at radius 3 is 1.80 bits per heavy atom. The highest BCUT2D eigenvalue weighted by atomic mass is 35.5. The van der Waals surface area contributed by atoms with Crippen molar-refractivity contribution in [3.05, 3.63) is 147 Å². The number of fused-ring (bicyclic) bond motifs is 18. The molecule has 0 unspecified atom stereocenters. The van der Waals surface area contributed by atoms with Gasteiger partial charge in [-0.25, -0.2) is 4.79 Å². The van der Waals surface area contributed by atoms with Crippen LogP contribution in [0.15, 0.2) is 121 Å². The maximum atomic E-state index is 14.5. The summed E-state index contributed by atoms with van der Waals surface area (Å²) in [6, 6.07) is 27.1. The van der Waals surface area contributed by atoms with Crippen molar-refractivity contribution < 1.29 is 44.1 Å². The molecule has 5 amide bonds. The Labute approximate surface area is 354 Å². The number of benzene rings is 4. The number of thiophene rings is 1. The molecule has 14 nitrogen and oxygen atoms in total. The molecule has 5 aromatic rings. The van der Waals surface area contributed by atoms with Crippen molar-refractivity contribution >= 4 is 64.1 Å². The third kappa shape index (κ3) is 11.4. The van der Waals surface area contributed by atoms with Gasteiger partial charge in [0.1, 0.15) is 24.2 Å². The number of carboxylic acids is 1. The maximum absolute atomic E-state index is 14.5. The van der Waals surface area contributed by atoms with E-state index in [-0.39, 0.29) is 31.4 Å². The van der Waals surface area contributed by atoms with Crippen LogP contribution in [0.4, 0.5) is 5.69 Å². The molecular weight excluding hydrogens is 810 g/mol. The lowest BCUT2D eigenvalue weighted by Crippen LogP contribution is -2.60. The van der Waals surface area contributed by atoms with Crippen LogP contribution in [0.1, 0.15) is 21.6 Å². The summed E-state index contributed by atoms with van der Waals surface area (Å²) in [5.41, 5.74) is 3.54. The lowest BCUT2D eigenvalue weighted by Gasteiger charge is -2.27.